The summed E-state index contributed by atoms with van der Waals surface area (Å²) in [6.45, 7) is 2.57. The van der Waals surface area contributed by atoms with Crippen LogP contribution in [0.3, 0.4) is 0 Å². The maximum atomic E-state index is 10.8. The van der Waals surface area contributed by atoms with Gasteiger partial charge in [-0.3, -0.25) is 0 Å². The topological polar surface area (TPSA) is 157 Å². The number of methoxy groups -OCH3 is 4. The van der Waals surface area contributed by atoms with Crippen LogP contribution < -0.4 is 29.6 Å². The van der Waals surface area contributed by atoms with Crippen molar-refractivity contribution in [3.05, 3.63) is 119 Å². The summed E-state index contributed by atoms with van der Waals surface area (Å²) in [7, 11) is 6.28. The molecule has 0 saturated carbocycles. The molecule has 4 N–H and O–H groups in total. The van der Waals surface area contributed by atoms with Crippen LogP contribution in [-0.4, -0.2) is 117 Å². The molecule has 4 aromatic rings. The van der Waals surface area contributed by atoms with Gasteiger partial charge < -0.3 is 68.2 Å². The van der Waals surface area contributed by atoms with Gasteiger partial charge in [0, 0.05) is 54.6 Å². The standard InChI is InChI=1S/C42H56N2O12/c1-47-27-53-37-13-5-31(6-14-37)41(32-7-15-38(16-8-32)54-28-48-2)51-25-35(45)23-43-21-22-44-24-36(46)26-52-42(33-9-17-39(18-10-33)55-29-49-3)34-11-19-40(20-12-34)56-30-50-4/h5-20,35-36,41-46H,21-30H2,1-4H3/t35-,36-/m0/s1. The van der Waals surface area contributed by atoms with Gasteiger partial charge in [-0.15, -0.1) is 0 Å². The Bertz CT molecular complexity index is 1370. The molecule has 4 aromatic carbocycles. The summed E-state index contributed by atoms with van der Waals surface area (Å²) in [5, 5.41) is 28.0. The molecule has 0 heterocycles. The molecule has 2 atom stereocenters. The molecule has 56 heavy (non-hydrogen) atoms. The number of nitrogens with one attached hydrogen (secondary N) is 2. The van der Waals surface area contributed by atoms with Crippen LogP contribution in [0.1, 0.15) is 34.5 Å². The Kier molecular flexibility index (Phi) is 20.4. The summed E-state index contributed by atoms with van der Waals surface area (Å²) in [4.78, 5) is 0. The van der Waals surface area contributed by atoms with Gasteiger partial charge in [-0.05, 0) is 70.8 Å². The maximum absolute atomic E-state index is 10.8. The highest BCUT2D eigenvalue weighted by atomic mass is 16.7. The zero-order valence-corrected chi connectivity index (χ0v) is 32.6. The number of rotatable bonds is 29. The van der Waals surface area contributed by atoms with Crippen LogP contribution in [-0.2, 0) is 28.4 Å². The van der Waals surface area contributed by atoms with Gasteiger partial charge in [-0.25, -0.2) is 0 Å². The summed E-state index contributed by atoms with van der Waals surface area (Å²) in [6, 6.07) is 30.2. The molecule has 0 aromatic heterocycles. The Morgan fingerprint density at radius 3 is 0.893 bits per heavy atom. The van der Waals surface area contributed by atoms with Crippen molar-refractivity contribution in [2.24, 2.45) is 0 Å². The molecule has 0 amide bonds. The predicted octanol–water partition coefficient (Wildman–Crippen LogP) is 4.43. The van der Waals surface area contributed by atoms with Crippen LogP contribution in [0.5, 0.6) is 23.0 Å². The second-order valence-corrected chi connectivity index (χ2v) is 12.6. The number of aliphatic hydroxyl groups excluding tert-OH is 2. The van der Waals surface area contributed by atoms with Gasteiger partial charge in [-0.1, -0.05) is 48.5 Å². The van der Waals surface area contributed by atoms with Gasteiger partial charge in [-0.2, -0.15) is 0 Å². The predicted molar refractivity (Wildman–Crippen MR) is 209 cm³/mol. The summed E-state index contributed by atoms with van der Waals surface area (Å²) < 4.78 is 54.7. The number of hydrogen-bond acceptors (Lipinski definition) is 14. The van der Waals surface area contributed by atoms with Crippen molar-refractivity contribution in [1.82, 2.24) is 10.6 Å². The van der Waals surface area contributed by atoms with Crippen LogP contribution in [0.4, 0.5) is 0 Å². The van der Waals surface area contributed by atoms with Crippen LogP contribution in [0, 0.1) is 0 Å². The molecule has 0 saturated heterocycles. The van der Waals surface area contributed by atoms with Crippen molar-refractivity contribution in [1.29, 1.82) is 0 Å². The average Bonchev–Trinajstić information content (AvgIpc) is 3.23. The lowest BCUT2D eigenvalue weighted by Crippen LogP contribution is -2.38. The van der Waals surface area contributed by atoms with Crippen molar-refractivity contribution < 1.29 is 57.6 Å². The van der Waals surface area contributed by atoms with Crippen molar-refractivity contribution in [2.75, 3.05) is 95.0 Å². The number of ether oxygens (including phenoxy) is 10. The third kappa shape index (κ3) is 15.7. The maximum Gasteiger partial charge on any atom is 0.188 e. The van der Waals surface area contributed by atoms with Gasteiger partial charge in [0.2, 0.25) is 0 Å². The molecule has 0 fully saturated rings. The van der Waals surface area contributed by atoms with E-state index in [1.54, 1.807) is 28.4 Å². The quantitative estimate of drug-likeness (QED) is 0.0454. The SMILES string of the molecule is COCOc1ccc(C(OC[C@@H](O)CNCCNC[C@H](O)COC(c2ccc(OCOC)cc2)c2ccc(OCOC)cc2)c2ccc(OCOC)cc2)cc1. The first-order valence-corrected chi connectivity index (χ1v) is 18.3. The van der Waals surface area contributed by atoms with E-state index in [0.29, 0.717) is 49.2 Å². The first kappa shape index (κ1) is 44.4. The Morgan fingerprint density at radius 1 is 0.411 bits per heavy atom. The van der Waals surface area contributed by atoms with Crippen molar-refractivity contribution >= 4 is 0 Å². The lowest BCUT2D eigenvalue weighted by molar-refractivity contribution is 0.00532. The van der Waals surface area contributed by atoms with Crippen molar-refractivity contribution in [3.8, 4) is 23.0 Å². The fraction of sp³-hybridized carbons (Fsp3) is 0.429. The molecule has 0 aliphatic heterocycles. The summed E-state index contributed by atoms with van der Waals surface area (Å²) >= 11 is 0. The largest absolute Gasteiger partial charge is 0.468 e. The van der Waals surface area contributed by atoms with E-state index in [4.69, 9.17) is 47.4 Å². The molecule has 14 heteroatoms. The van der Waals surface area contributed by atoms with E-state index in [2.05, 4.69) is 10.6 Å². The number of hydrogen-bond donors (Lipinski definition) is 4. The molecule has 4 rings (SSSR count). The van der Waals surface area contributed by atoms with E-state index in [9.17, 15) is 10.2 Å². The van der Waals surface area contributed by atoms with Gasteiger partial charge in [0.1, 0.15) is 35.2 Å². The minimum atomic E-state index is -0.761. The van der Waals surface area contributed by atoms with Crippen molar-refractivity contribution in [2.45, 2.75) is 24.4 Å². The van der Waals surface area contributed by atoms with Crippen LogP contribution in [0.15, 0.2) is 97.1 Å². The minimum absolute atomic E-state index is 0.0952. The van der Waals surface area contributed by atoms with Gasteiger partial charge in [0.05, 0.1) is 25.4 Å². The molecular formula is C42H56N2O12. The molecule has 0 spiro atoms. The van der Waals surface area contributed by atoms with E-state index in [-0.39, 0.29) is 40.4 Å². The Morgan fingerprint density at radius 2 is 0.661 bits per heavy atom. The van der Waals surface area contributed by atoms with E-state index < -0.39 is 24.4 Å². The minimum Gasteiger partial charge on any atom is -0.468 e. The van der Waals surface area contributed by atoms with Gasteiger partial charge in [0.25, 0.3) is 0 Å². The zero-order valence-electron chi connectivity index (χ0n) is 32.6. The summed E-state index contributed by atoms with van der Waals surface area (Å²) in [5.41, 5.74) is 3.59. The molecule has 0 radical (unpaired) electrons. The Hall–Kier alpha value is -4.32. The van der Waals surface area contributed by atoms with Gasteiger partial charge >= 0.3 is 0 Å². The highest BCUT2D eigenvalue weighted by molar-refractivity contribution is 5.38. The Labute approximate surface area is 329 Å². The Balaban J connectivity index is 1.22. The normalized spacial score (nSPS) is 12.5. The molecule has 0 aliphatic rings. The number of aliphatic hydroxyl groups is 2. The fourth-order valence-electron chi connectivity index (χ4n) is 5.48. The second kappa shape index (κ2) is 25.8. The van der Waals surface area contributed by atoms with E-state index in [0.717, 1.165) is 22.3 Å². The van der Waals surface area contributed by atoms with Crippen LogP contribution >= 0.6 is 0 Å². The summed E-state index contributed by atoms with van der Waals surface area (Å²) in [6.07, 6.45) is -2.40. The number of benzene rings is 4. The molecule has 0 unspecified atom stereocenters. The molecule has 0 bridgehead atoms. The van der Waals surface area contributed by atoms with E-state index >= 15 is 0 Å². The lowest BCUT2D eigenvalue weighted by atomic mass is 10.0. The van der Waals surface area contributed by atoms with Crippen molar-refractivity contribution in [3.63, 3.8) is 0 Å². The third-order valence-corrected chi connectivity index (χ3v) is 8.25. The first-order valence-electron chi connectivity index (χ1n) is 18.3. The molecule has 306 valence electrons. The van der Waals surface area contributed by atoms with E-state index in [1.165, 1.54) is 0 Å². The summed E-state index contributed by atoms with van der Waals surface area (Å²) in [5.74, 6) is 2.69. The monoisotopic (exact) mass is 780 g/mol. The van der Waals surface area contributed by atoms with Crippen LogP contribution in [0.2, 0.25) is 0 Å². The highest BCUT2D eigenvalue weighted by Crippen LogP contribution is 2.31. The smallest absolute Gasteiger partial charge is 0.188 e. The average molecular weight is 781 g/mol. The molecule has 14 nitrogen and oxygen atoms in total. The van der Waals surface area contributed by atoms with Crippen LogP contribution in [0.25, 0.3) is 0 Å². The van der Waals surface area contributed by atoms with Gasteiger partial charge in [0.15, 0.2) is 27.2 Å². The zero-order chi connectivity index (χ0) is 39.8. The highest BCUT2D eigenvalue weighted by Gasteiger charge is 2.19. The third-order valence-electron chi connectivity index (χ3n) is 8.25. The van der Waals surface area contributed by atoms with E-state index in [1.807, 2.05) is 97.1 Å². The second-order valence-electron chi connectivity index (χ2n) is 12.6. The molecular weight excluding hydrogens is 724 g/mol. The molecule has 0 aliphatic carbocycles. The first-order chi connectivity index (χ1) is 27.4. The fourth-order valence-corrected chi connectivity index (χ4v) is 5.48. The lowest BCUT2D eigenvalue weighted by Gasteiger charge is -2.22.